The highest BCUT2D eigenvalue weighted by Crippen LogP contribution is 2.17. The van der Waals surface area contributed by atoms with Crippen LogP contribution in [0.25, 0.3) is 0 Å². The molecule has 0 heterocycles. The molecule has 1 saturated carbocycles. The molecule has 0 aliphatic heterocycles. The molecule has 1 aromatic carbocycles. The van der Waals surface area contributed by atoms with Crippen LogP contribution < -0.4 is 15.4 Å². The fourth-order valence-corrected chi connectivity index (χ4v) is 2.79. The number of nitrogens with zero attached hydrogens (tertiary/aromatic N) is 1. The van der Waals surface area contributed by atoms with Crippen LogP contribution in [0.15, 0.2) is 29.3 Å². The molecular weight excluding hydrogens is 274 g/mol. The van der Waals surface area contributed by atoms with Crippen LogP contribution in [0.4, 0.5) is 0 Å². The second-order valence-corrected chi connectivity index (χ2v) is 5.87. The smallest absolute Gasteiger partial charge is 0.191 e. The van der Waals surface area contributed by atoms with Gasteiger partial charge in [0.15, 0.2) is 5.96 Å². The summed E-state index contributed by atoms with van der Waals surface area (Å²) in [6, 6.07) is 8.95. The van der Waals surface area contributed by atoms with Gasteiger partial charge in [0.1, 0.15) is 5.75 Å². The fourth-order valence-electron chi connectivity index (χ4n) is 2.79. The SMILES string of the molecule is CCCOc1cccc(CCNC(=NC)NC2CCCC2)c1. The first-order valence-corrected chi connectivity index (χ1v) is 8.50. The number of hydrogen-bond acceptors (Lipinski definition) is 2. The van der Waals surface area contributed by atoms with Crippen molar-refractivity contribution in [1.29, 1.82) is 0 Å². The number of benzene rings is 1. The van der Waals surface area contributed by atoms with Crippen LogP contribution in [-0.4, -0.2) is 32.2 Å². The summed E-state index contributed by atoms with van der Waals surface area (Å²) in [5.41, 5.74) is 1.29. The lowest BCUT2D eigenvalue weighted by molar-refractivity contribution is 0.317. The molecular formula is C18H29N3O. The van der Waals surface area contributed by atoms with Crippen molar-refractivity contribution >= 4 is 5.96 Å². The largest absolute Gasteiger partial charge is 0.494 e. The molecule has 1 fully saturated rings. The molecule has 0 saturated heterocycles. The summed E-state index contributed by atoms with van der Waals surface area (Å²) in [6.45, 7) is 3.78. The highest BCUT2D eigenvalue weighted by atomic mass is 16.5. The Morgan fingerprint density at radius 1 is 1.32 bits per heavy atom. The van der Waals surface area contributed by atoms with E-state index in [2.05, 4.69) is 40.7 Å². The first-order chi connectivity index (χ1) is 10.8. The van der Waals surface area contributed by atoms with Gasteiger partial charge >= 0.3 is 0 Å². The van der Waals surface area contributed by atoms with Gasteiger partial charge in [-0.2, -0.15) is 0 Å². The number of guanidine groups is 1. The molecule has 22 heavy (non-hydrogen) atoms. The van der Waals surface area contributed by atoms with E-state index < -0.39 is 0 Å². The number of rotatable bonds is 7. The zero-order valence-corrected chi connectivity index (χ0v) is 13.9. The molecule has 0 radical (unpaired) electrons. The number of hydrogen-bond donors (Lipinski definition) is 2. The lowest BCUT2D eigenvalue weighted by atomic mass is 10.1. The Morgan fingerprint density at radius 3 is 2.86 bits per heavy atom. The second kappa shape index (κ2) is 9.34. The van der Waals surface area contributed by atoms with E-state index in [1.807, 2.05) is 13.1 Å². The lowest BCUT2D eigenvalue weighted by Gasteiger charge is -2.16. The van der Waals surface area contributed by atoms with Gasteiger partial charge in [-0.25, -0.2) is 0 Å². The average Bonchev–Trinajstić information content (AvgIpc) is 3.05. The molecule has 0 amide bonds. The second-order valence-electron chi connectivity index (χ2n) is 5.87. The maximum absolute atomic E-state index is 5.68. The Labute approximate surface area is 134 Å². The third kappa shape index (κ3) is 5.58. The van der Waals surface area contributed by atoms with E-state index in [0.717, 1.165) is 37.7 Å². The molecule has 2 N–H and O–H groups in total. The van der Waals surface area contributed by atoms with Gasteiger partial charge in [0.2, 0.25) is 0 Å². The Hall–Kier alpha value is -1.71. The van der Waals surface area contributed by atoms with Crippen LogP contribution in [0.3, 0.4) is 0 Å². The molecule has 0 spiro atoms. The molecule has 0 unspecified atom stereocenters. The number of aliphatic imine (C=N–C) groups is 1. The van der Waals surface area contributed by atoms with Gasteiger partial charge in [0.25, 0.3) is 0 Å². The summed E-state index contributed by atoms with van der Waals surface area (Å²) in [5, 5.41) is 6.91. The molecule has 0 aromatic heterocycles. The Morgan fingerprint density at radius 2 is 2.14 bits per heavy atom. The Kier molecular flexibility index (Phi) is 7.07. The number of ether oxygens (including phenoxy) is 1. The van der Waals surface area contributed by atoms with E-state index in [-0.39, 0.29) is 0 Å². The minimum Gasteiger partial charge on any atom is -0.494 e. The standard InChI is InChI=1S/C18H29N3O/c1-3-13-22-17-10-6-7-15(14-17)11-12-20-18(19-2)21-16-8-4-5-9-16/h6-7,10,14,16H,3-5,8-9,11-13H2,1-2H3,(H2,19,20,21). The molecule has 0 atom stereocenters. The van der Waals surface area contributed by atoms with Crippen molar-refractivity contribution in [2.24, 2.45) is 4.99 Å². The van der Waals surface area contributed by atoms with Gasteiger partial charge in [-0.15, -0.1) is 0 Å². The van der Waals surface area contributed by atoms with Gasteiger partial charge < -0.3 is 15.4 Å². The summed E-state index contributed by atoms with van der Waals surface area (Å²) in [4.78, 5) is 4.31. The first kappa shape index (κ1) is 16.7. The van der Waals surface area contributed by atoms with Crippen LogP contribution in [-0.2, 0) is 6.42 Å². The molecule has 1 aliphatic carbocycles. The van der Waals surface area contributed by atoms with Crippen molar-refractivity contribution in [2.75, 3.05) is 20.2 Å². The normalized spacial score (nSPS) is 15.8. The van der Waals surface area contributed by atoms with Gasteiger partial charge in [-0.1, -0.05) is 31.9 Å². The Balaban J connectivity index is 1.74. The summed E-state index contributed by atoms with van der Waals surface area (Å²) < 4.78 is 5.68. The maximum Gasteiger partial charge on any atom is 0.191 e. The van der Waals surface area contributed by atoms with E-state index in [4.69, 9.17) is 4.74 Å². The van der Waals surface area contributed by atoms with Crippen LogP contribution in [0.2, 0.25) is 0 Å². The zero-order chi connectivity index (χ0) is 15.6. The van der Waals surface area contributed by atoms with Crippen LogP contribution in [0.5, 0.6) is 5.75 Å². The lowest BCUT2D eigenvalue weighted by Crippen LogP contribution is -2.42. The highest BCUT2D eigenvalue weighted by molar-refractivity contribution is 5.79. The molecule has 4 nitrogen and oxygen atoms in total. The van der Waals surface area contributed by atoms with Gasteiger partial charge in [-0.05, 0) is 43.4 Å². The summed E-state index contributed by atoms with van der Waals surface area (Å²) in [6.07, 6.45) is 7.19. The predicted octanol–water partition coefficient (Wildman–Crippen LogP) is 3.13. The highest BCUT2D eigenvalue weighted by Gasteiger charge is 2.15. The van der Waals surface area contributed by atoms with Crippen molar-refractivity contribution in [3.8, 4) is 5.75 Å². The summed E-state index contributed by atoms with van der Waals surface area (Å²) in [7, 11) is 1.84. The van der Waals surface area contributed by atoms with Crippen LogP contribution >= 0.6 is 0 Å². The third-order valence-electron chi connectivity index (χ3n) is 4.00. The van der Waals surface area contributed by atoms with Crippen molar-refractivity contribution in [3.63, 3.8) is 0 Å². The van der Waals surface area contributed by atoms with Crippen molar-refractivity contribution in [1.82, 2.24) is 10.6 Å². The monoisotopic (exact) mass is 303 g/mol. The molecule has 122 valence electrons. The van der Waals surface area contributed by atoms with Crippen molar-refractivity contribution in [3.05, 3.63) is 29.8 Å². The molecule has 1 aliphatic rings. The van der Waals surface area contributed by atoms with E-state index in [0.29, 0.717) is 6.04 Å². The fraction of sp³-hybridized carbons (Fsp3) is 0.611. The minimum atomic E-state index is 0.594. The van der Waals surface area contributed by atoms with Crippen LogP contribution in [0, 0.1) is 0 Å². The topological polar surface area (TPSA) is 45.6 Å². The summed E-state index contributed by atoms with van der Waals surface area (Å²) in [5.74, 6) is 1.89. The molecule has 4 heteroatoms. The Bertz CT molecular complexity index is 467. The molecule has 2 rings (SSSR count). The average molecular weight is 303 g/mol. The van der Waals surface area contributed by atoms with E-state index in [1.54, 1.807) is 0 Å². The van der Waals surface area contributed by atoms with Gasteiger partial charge in [0, 0.05) is 19.6 Å². The van der Waals surface area contributed by atoms with Gasteiger partial charge in [0.05, 0.1) is 6.61 Å². The zero-order valence-electron chi connectivity index (χ0n) is 13.9. The molecule has 1 aromatic rings. The van der Waals surface area contributed by atoms with Crippen molar-refractivity contribution in [2.45, 2.75) is 51.5 Å². The maximum atomic E-state index is 5.68. The summed E-state index contributed by atoms with van der Waals surface area (Å²) >= 11 is 0. The van der Waals surface area contributed by atoms with Gasteiger partial charge in [-0.3, -0.25) is 4.99 Å². The first-order valence-electron chi connectivity index (χ1n) is 8.50. The van der Waals surface area contributed by atoms with Crippen LogP contribution in [0.1, 0.15) is 44.6 Å². The minimum absolute atomic E-state index is 0.594. The van der Waals surface area contributed by atoms with E-state index in [9.17, 15) is 0 Å². The van der Waals surface area contributed by atoms with E-state index >= 15 is 0 Å². The number of nitrogens with one attached hydrogen (secondary N) is 2. The third-order valence-corrected chi connectivity index (χ3v) is 4.00. The predicted molar refractivity (Wildman–Crippen MR) is 92.7 cm³/mol. The van der Waals surface area contributed by atoms with Crippen molar-refractivity contribution < 1.29 is 4.74 Å². The van der Waals surface area contributed by atoms with E-state index in [1.165, 1.54) is 31.2 Å². The molecule has 0 bridgehead atoms. The quantitative estimate of drug-likeness (QED) is 0.601.